The van der Waals surface area contributed by atoms with Crippen molar-refractivity contribution in [2.24, 2.45) is 5.92 Å². The number of pyridine rings is 1. The lowest BCUT2D eigenvalue weighted by Gasteiger charge is -2.30. The third kappa shape index (κ3) is 3.96. The molecule has 1 aliphatic carbocycles. The molecule has 0 spiro atoms. The molecule has 1 heterocycles. The number of nitrogens with zero attached hydrogens (tertiary/aromatic N) is 2. The molecule has 0 amide bonds. The van der Waals surface area contributed by atoms with Crippen LogP contribution in [0.15, 0.2) is 18.2 Å². The summed E-state index contributed by atoms with van der Waals surface area (Å²) in [5.41, 5.74) is 1.09. The summed E-state index contributed by atoms with van der Waals surface area (Å²) in [5, 5.41) is 0.600. The predicted molar refractivity (Wildman–Crippen MR) is 76.8 cm³/mol. The summed E-state index contributed by atoms with van der Waals surface area (Å²) in [4.78, 5) is 7.01. The molecule has 0 N–H and O–H groups in total. The Balaban J connectivity index is 2.04. The van der Waals surface area contributed by atoms with E-state index in [2.05, 4.69) is 29.8 Å². The highest BCUT2D eigenvalue weighted by molar-refractivity contribution is 6.29. The Morgan fingerprint density at radius 3 is 2.67 bits per heavy atom. The van der Waals surface area contributed by atoms with Gasteiger partial charge in [0.15, 0.2) is 0 Å². The summed E-state index contributed by atoms with van der Waals surface area (Å²) in [6, 6.07) is 6.65. The molecular weight excluding hydrogens is 244 g/mol. The predicted octanol–water partition coefficient (Wildman–Crippen LogP) is 4.14. The average Bonchev–Trinajstić information content (AvgIpc) is 2.80. The lowest BCUT2D eigenvalue weighted by molar-refractivity contribution is 0.166. The zero-order valence-corrected chi connectivity index (χ0v) is 12.2. The van der Waals surface area contributed by atoms with E-state index in [1.807, 2.05) is 12.1 Å². The van der Waals surface area contributed by atoms with Crippen LogP contribution in [0.25, 0.3) is 0 Å². The second kappa shape index (κ2) is 6.53. The van der Waals surface area contributed by atoms with Crippen LogP contribution in [0.4, 0.5) is 0 Å². The van der Waals surface area contributed by atoms with Gasteiger partial charge in [-0.3, -0.25) is 4.90 Å². The van der Waals surface area contributed by atoms with Crippen LogP contribution < -0.4 is 0 Å². The first kappa shape index (κ1) is 13.8. The van der Waals surface area contributed by atoms with Crippen molar-refractivity contribution < 1.29 is 0 Å². The zero-order chi connectivity index (χ0) is 13.0. The molecule has 1 fully saturated rings. The van der Waals surface area contributed by atoms with E-state index in [0.717, 1.165) is 24.8 Å². The van der Waals surface area contributed by atoms with Crippen molar-refractivity contribution in [1.29, 1.82) is 0 Å². The van der Waals surface area contributed by atoms with Crippen LogP contribution in [0, 0.1) is 5.92 Å². The minimum absolute atomic E-state index is 0.600. The van der Waals surface area contributed by atoms with Crippen molar-refractivity contribution in [2.45, 2.75) is 52.1 Å². The van der Waals surface area contributed by atoms with Crippen LogP contribution in [0.1, 0.15) is 45.2 Å². The Morgan fingerprint density at radius 1 is 1.33 bits per heavy atom. The smallest absolute Gasteiger partial charge is 0.129 e. The summed E-state index contributed by atoms with van der Waals surface area (Å²) < 4.78 is 0. The number of aromatic nitrogens is 1. The van der Waals surface area contributed by atoms with Gasteiger partial charge in [-0.15, -0.1) is 0 Å². The van der Waals surface area contributed by atoms with Crippen molar-refractivity contribution in [3.8, 4) is 0 Å². The minimum Gasteiger partial charge on any atom is -0.294 e. The normalized spacial score (nSPS) is 16.9. The molecule has 3 heteroatoms. The maximum atomic E-state index is 5.96. The van der Waals surface area contributed by atoms with Crippen molar-refractivity contribution >= 4 is 11.6 Å². The lowest BCUT2D eigenvalue weighted by Crippen LogP contribution is -2.35. The minimum atomic E-state index is 0.600. The van der Waals surface area contributed by atoms with Crippen molar-refractivity contribution in [2.75, 3.05) is 6.54 Å². The second-order valence-corrected chi connectivity index (χ2v) is 6.10. The Morgan fingerprint density at radius 2 is 2.06 bits per heavy atom. The molecular formula is C15H23ClN2. The number of halogens is 1. The molecule has 0 radical (unpaired) electrons. The first-order valence-corrected chi connectivity index (χ1v) is 7.38. The highest BCUT2D eigenvalue weighted by atomic mass is 35.5. The summed E-state index contributed by atoms with van der Waals surface area (Å²) in [5.74, 6) is 0.699. The standard InChI is InChI=1S/C15H23ClN2/c1-12(2)10-18(14-7-3-4-8-14)11-13-6-5-9-15(16)17-13/h5-6,9,12,14H,3-4,7-8,10-11H2,1-2H3. The SMILES string of the molecule is CC(C)CN(Cc1cccc(Cl)n1)C1CCCC1. The zero-order valence-electron chi connectivity index (χ0n) is 11.4. The highest BCUT2D eigenvalue weighted by Crippen LogP contribution is 2.25. The Kier molecular flexibility index (Phi) is 5.02. The lowest BCUT2D eigenvalue weighted by atomic mass is 10.1. The van der Waals surface area contributed by atoms with Gasteiger partial charge in [0, 0.05) is 19.1 Å². The summed E-state index contributed by atoms with van der Waals surface area (Å²) in [7, 11) is 0. The Hall–Kier alpha value is -0.600. The van der Waals surface area contributed by atoms with E-state index in [9.17, 15) is 0 Å². The van der Waals surface area contributed by atoms with E-state index in [1.54, 1.807) is 0 Å². The Labute approximate surface area is 115 Å². The van der Waals surface area contributed by atoms with Gasteiger partial charge >= 0.3 is 0 Å². The van der Waals surface area contributed by atoms with Gasteiger partial charge in [0.2, 0.25) is 0 Å². The summed E-state index contributed by atoms with van der Waals surface area (Å²) in [6.07, 6.45) is 5.44. The van der Waals surface area contributed by atoms with Gasteiger partial charge in [0.1, 0.15) is 5.15 Å². The Bertz CT molecular complexity index is 373. The molecule has 100 valence electrons. The van der Waals surface area contributed by atoms with Gasteiger partial charge in [0.05, 0.1) is 5.69 Å². The molecule has 1 aliphatic rings. The summed E-state index contributed by atoms with van der Waals surface area (Å²) in [6.45, 7) is 6.66. The fourth-order valence-electron chi connectivity index (χ4n) is 2.83. The quantitative estimate of drug-likeness (QED) is 0.745. The third-order valence-corrected chi connectivity index (χ3v) is 3.79. The fraction of sp³-hybridized carbons (Fsp3) is 0.667. The van der Waals surface area contributed by atoms with Crippen LogP contribution in [0.2, 0.25) is 5.15 Å². The molecule has 0 bridgehead atoms. The van der Waals surface area contributed by atoms with Crippen molar-refractivity contribution in [3.63, 3.8) is 0 Å². The van der Waals surface area contributed by atoms with E-state index >= 15 is 0 Å². The van der Waals surface area contributed by atoms with Crippen molar-refractivity contribution in [1.82, 2.24) is 9.88 Å². The van der Waals surface area contributed by atoms with Crippen LogP contribution in [0.3, 0.4) is 0 Å². The van der Waals surface area contributed by atoms with Gasteiger partial charge in [-0.05, 0) is 30.9 Å². The topological polar surface area (TPSA) is 16.1 Å². The monoisotopic (exact) mass is 266 g/mol. The van der Waals surface area contributed by atoms with Gasteiger partial charge < -0.3 is 0 Å². The van der Waals surface area contributed by atoms with Gasteiger partial charge in [-0.2, -0.15) is 0 Å². The molecule has 0 unspecified atom stereocenters. The average molecular weight is 267 g/mol. The summed E-state index contributed by atoms with van der Waals surface area (Å²) >= 11 is 5.96. The molecule has 0 aromatic carbocycles. The fourth-order valence-corrected chi connectivity index (χ4v) is 3.01. The maximum Gasteiger partial charge on any atom is 0.129 e. The third-order valence-electron chi connectivity index (χ3n) is 3.58. The number of rotatable bonds is 5. The largest absolute Gasteiger partial charge is 0.294 e. The molecule has 18 heavy (non-hydrogen) atoms. The maximum absolute atomic E-state index is 5.96. The molecule has 0 aliphatic heterocycles. The van der Waals surface area contributed by atoms with E-state index < -0.39 is 0 Å². The number of hydrogen-bond donors (Lipinski definition) is 0. The van der Waals surface area contributed by atoms with E-state index in [0.29, 0.717) is 11.1 Å². The molecule has 1 aromatic heterocycles. The van der Waals surface area contributed by atoms with E-state index in [4.69, 9.17) is 11.6 Å². The molecule has 2 rings (SSSR count). The molecule has 1 saturated carbocycles. The molecule has 2 nitrogen and oxygen atoms in total. The van der Waals surface area contributed by atoms with Gasteiger partial charge in [0.25, 0.3) is 0 Å². The number of hydrogen-bond acceptors (Lipinski definition) is 2. The van der Waals surface area contributed by atoms with Crippen LogP contribution in [0.5, 0.6) is 0 Å². The molecule has 0 saturated heterocycles. The van der Waals surface area contributed by atoms with Gasteiger partial charge in [-0.1, -0.05) is 44.4 Å². The second-order valence-electron chi connectivity index (χ2n) is 5.71. The van der Waals surface area contributed by atoms with Crippen LogP contribution in [-0.2, 0) is 6.54 Å². The van der Waals surface area contributed by atoms with E-state index in [-0.39, 0.29) is 0 Å². The highest BCUT2D eigenvalue weighted by Gasteiger charge is 2.23. The van der Waals surface area contributed by atoms with Crippen molar-refractivity contribution in [3.05, 3.63) is 29.0 Å². The van der Waals surface area contributed by atoms with Crippen LogP contribution >= 0.6 is 11.6 Å². The van der Waals surface area contributed by atoms with Crippen LogP contribution in [-0.4, -0.2) is 22.5 Å². The van der Waals surface area contributed by atoms with Gasteiger partial charge in [-0.25, -0.2) is 4.98 Å². The first-order valence-electron chi connectivity index (χ1n) is 7.00. The van der Waals surface area contributed by atoms with E-state index in [1.165, 1.54) is 25.7 Å². The first-order chi connectivity index (χ1) is 8.65. The molecule has 0 atom stereocenters. The molecule has 1 aromatic rings.